The van der Waals surface area contributed by atoms with E-state index < -0.39 is 29.2 Å². The van der Waals surface area contributed by atoms with E-state index in [1.54, 1.807) is 0 Å². The molecule has 2 aromatic carbocycles. The number of fused-ring (bicyclic) bond motifs is 2. The second-order valence-electron chi connectivity index (χ2n) is 5.45. The number of hydrazine groups is 1. The van der Waals surface area contributed by atoms with Crippen molar-refractivity contribution in [3.8, 4) is 17.2 Å². The quantitative estimate of drug-likeness (QED) is 0.531. The van der Waals surface area contributed by atoms with E-state index in [4.69, 9.17) is 0 Å². The minimum atomic E-state index is -0.821. The molecule has 2 aliphatic rings. The number of amides is 3. The topological polar surface area (TPSA) is 118 Å². The van der Waals surface area contributed by atoms with Gasteiger partial charge in [-0.05, 0) is 23.8 Å². The van der Waals surface area contributed by atoms with Crippen LogP contribution < -0.4 is 0 Å². The molecule has 0 aromatic heterocycles. The van der Waals surface area contributed by atoms with Gasteiger partial charge in [-0.3, -0.25) is 14.4 Å². The Morgan fingerprint density at radius 2 is 1.54 bits per heavy atom. The lowest BCUT2D eigenvalue weighted by Crippen LogP contribution is -2.46. The zero-order valence-electron chi connectivity index (χ0n) is 12.1. The summed E-state index contributed by atoms with van der Waals surface area (Å²) in [6.45, 7) is -0.117. The molecule has 8 heteroatoms. The van der Waals surface area contributed by atoms with E-state index in [1.807, 2.05) is 0 Å². The summed E-state index contributed by atoms with van der Waals surface area (Å²) in [5.41, 5.74) is 0.0426. The Kier molecular flexibility index (Phi) is 2.63. The van der Waals surface area contributed by atoms with Crippen molar-refractivity contribution in [3.63, 3.8) is 0 Å². The van der Waals surface area contributed by atoms with Gasteiger partial charge in [0.2, 0.25) is 0 Å². The summed E-state index contributed by atoms with van der Waals surface area (Å²) in [5.74, 6) is -3.76. The average Bonchev–Trinajstić information content (AvgIpc) is 3.00. The summed E-state index contributed by atoms with van der Waals surface area (Å²) in [4.78, 5) is 37.5. The van der Waals surface area contributed by atoms with Gasteiger partial charge in [0, 0.05) is 0 Å². The number of phenols is 3. The largest absolute Gasteiger partial charge is 0.507 e. The van der Waals surface area contributed by atoms with Gasteiger partial charge in [0.1, 0.15) is 5.75 Å². The molecule has 3 N–H and O–H groups in total. The van der Waals surface area contributed by atoms with E-state index in [1.165, 1.54) is 30.3 Å². The van der Waals surface area contributed by atoms with Crippen LogP contribution in [0.25, 0.3) is 0 Å². The Bertz CT molecular complexity index is 952. The number of imide groups is 1. The normalized spacial score (nSPS) is 15.9. The lowest BCUT2D eigenvalue weighted by atomic mass is 10.1. The maximum absolute atomic E-state index is 12.5. The van der Waals surface area contributed by atoms with Crippen molar-refractivity contribution < 1.29 is 29.7 Å². The molecule has 3 amide bonds. The minimum absolute atomic E-state index is 0.00387. The lowest BCUT2D eigenvalue weighted by Gasteiger charge is -2.25. The summed E-state index contributed by atoms with van der Waals surface area (Å²) in [7, 11) is 0. The highest BCUT2D eigenvalue weighted by atomic mass is 16.3. The van der Waals surface area contributed by atoms with Gasteiger partial charge in [-0.1, -0.05) is 12.1 Å². The molecule has 120 valence electrons. The van der Waals surface area contributed by atoms with Crippen LogP contribution in [0.5, 0.6) is 17.2 Å². The molecule has 0 bridgehead atoms. The molecule has 2 aromatic rings. The maximum Gasteiger partial charge on any atom is 0.284 e. The fourth-order valence-electron chi connectivity index (χ4n) is 2.99. The fourth-order valence-corrected chi connectivity index (χ4v) is 2.99. The highest BCUT2D eigenvalue weighted by molar-refractivity contribution is 6.23. The summed E-state index contributed by atoms with van der Waals surface area (Å²) in [5, 5.41) is 30.8. The number of hydrogen-bond acceptors (Lipinski definition) is 6. The predicted octanol–water partition coefficient (Wildman–Crippen LogP) is 0.970. The maximum atomic E-state index is 12.5. The number of carbonyl (C=O) groups excluding carboxylic acids is 3. The summed E-state index contributed by atoms with van der Waals surface area (Å²) >= 11 is 0. The SMILES string of the molecule is O=C1c2c(ccc(O)c2O)CN1N1C(=O)c2cccc(O)c2C1=O. The third-order valence-electron chi connectivity index (χ3n) is 4.12. The van der Waals surface area contributed by atoms with E-state index in [-0.39, 0.29) is 29.0 Å². The van der Waals surface area contributed by atoms with Crippen molar-refractivity contribution in [2.45, 2.75) is 6.54 Å². The first kappa shape index (κ1) is 14.1. The Labute approximate surface area is 134 Å². The Morgan fingerprint density at radius 3 is 2.25 bits per heavy atom. The van der Waals surface area contributed by atoms with Crippen LogP contribution in [0.15, 0.2) is 30.3 Å². The summed E-state index contributed by atoms with van der Waals surface area (Å²) in [6, 6.07) is 6.73. The van der Waals surface area contributed by atoms with Crippen LogP contribution in [0.3, 0.4) is 0 Å². The smallest absolute Gasteiger partial charge is 0.284 e. The molecule has 4 rings (SSSR count). The first-order valence-corrected chi connectivity index (χ1v) is 6.98. The number of benzene rings is 2. The van der Waals surface area contributed by atoms with Gasteiger partial charge in [0.05, 0.1) is 23.2 Å². The monoisotopic (exact) mass is 326 g/mol. The molecule has 0 radical (unpaired) electrons. The van der Waals surface area contributed by atoms with Gasteiger partial charge in [0.15, 0.2) is 11.5 Å². The lowest BCUT2D eigenvalue weighted by molar-refractivity contribution is 0.00470. The first-order chi connectivity index (χ1) is 11.4. The minimum Gasteiger partial charge on any atom is -0.507 e. The molecule has 0 saturated carbocycles. The highest BCUT2D eigenvalue weighted by Gasteiger charge is 2.46. The number of phenolic OH excluding ortho intramolecular Hbond substituents is 3. The van der Waals surface area contributed by atoms with Crippen LogP contribution in [-0.4, -0.2) is 43.1 Å². The third kappa shape index (κ3) is 1.59. The molecule has 0 saturated heterocycles. The molecule has 2 aliphatic heterocycles. The van der Waals surface area contributed by atoms with E-state index in [2.05, 4.69) is 0 Å². The van der Waals surface area contributed by atoms with Crippen LogP contribution >= 0.6 is 0 Å². The van der Waals surface area contributed by atoms with Gasteiger partial charge in [-0.25, -0.2) is 5.01 Å². The van der Waals surface area contributed by atoms with Gasteiger partial charge in [0.25, 0.3) is 17.7 Å². The summed E-state index contributed by atoms with van der Waals surface area (Å²) < 4.78 is 0. The van der Waals surface area contributed by atoms with Crippen LogP contribution in [0.1, 0.15) is 36.6 Å². The molecule has 0 fully saturated rings. The second-order valence-corrected chi connectivity index (χ2v) is 5.45. The standard InChI is InChI=1S/C16H10N2O6/c19-9-3-1-2-8-12(9)16(24)18(14(8)22)17-6-7-4-5-10(20)13(21)11(7)15(17)23/h1-5,19-21H,6H2. The van der Waals surface area contributed by atoms with E-state index >= 15 is 0 Å². The van der Waals surface area contributed by atoms with Gasteiger partial charge < -0.3 is 15.3 Å². The number of hydrogen-bond donors (Lipinski definition) is 3. The Balaban J connectivity index is 1.79. The van der Waals surface area contributed by atoms with Crippen LogP contribution in [0.2, 0.25) is 0 Å². The van der Waals surface area contributed by atoms with Crippen LogP contribution in [-0.2, 0) is 6.54 Å². The van der Waals surface area contributed by atoms with Gasteiger partial charge >= 0.3 is 0 Å². The first-order valence-electron chi connectivity index (χ1n) is 6.98. The Morgan fingerprint density at radius 1 is 0.792 bits per heavy atom. The van der Waals surface area contributed by atoms with Crippen molar-refractivity contribution in [3.05, 3.63) is 52.6 Å². The average molecular weight is 326 g/mol. The van der Waals surface area contributed by atoms with Crippen molar-refractivity contribution in [1.82, 2.24) is 10.0 Å². The van der Waals surface area contributed by atoms with Crippen LogP contribution in [0.4, 0.5) is 0 Å². The molecule has 2 heterocycles. The predicted molar refractivity (Wildman–Crippen MR) is 78.3 cm³/mol. The van der Waals surface area contributed by atoms with Gasteiger partial charge in [-0.2, -0.15) is 5.01 Å². The molecule has 0 spiro atoms. The number of carbonyl (C=O) groups is 3. The zero-order valence-corrected chi connectivity index (χ0v) is 12.1. The van der Waals surface area contributed by atoms with Crippen LogP contribution in [0, 0.1) is 0 Å². The van der Waals surface area contributed by atoms with E-state index in [0.29, 0.717) is 10.6 Å². The van der Waals surface area contributed by atoms with Gasteiger partial charge in [-0.15, -0.1) is 0 Å². The molecular weight excluding hydrogens is 316 g/mol. The van der Waals surface area contributed by atoms with E-state index in [9.17, 15) is 29.7 Å². The number of nitrogens with zero attached hydrogens (tertiary/aromatic N) is 2. The Hall–Kier alpha value is -3.55. The number of aromatic hydroxyl groups is 3. The molecule has 24 heavy (non-hydrogen) atoms. The molecule has 0 atom stereocenters. The molecule has 0 aliphatic carbocycles. The summed E-state index contributed by atoms with van der Waals surface area (Å²) in [6.07, 6.45) is 0. The fraction of sp³-hybridized carbons (Fsp3) is 0.0625. The van der Waals surface area contributed by atoms with Crippen molar-refractivity contribution in [1.29, 1.82) is 0 Å². The third-order valence-corrected chi connectivity index (χ3v) is 4.12. The number of rotatable bonds is 1. The molecule has 0 unspecified atom stereocenters. The van der Waals surface area contributed by atoms with E-state index in [0.717, 1.165) is 5.01 Å². The zero-order chi connectivity index (χ0) is 17.2. The molecule has 8 nitrogen and oxygen atoms in total. The van der Waals surface area contributed by atoms with Crippen molar-refractivity contribution >= 4 is 17.7 Å². The van der Waals surface area contributed by atoms with Crippen molar-refractivity contribution in [2.24, 2.45) is 0 Å². The second kappa shape index (κ2) is 4.48. The highest BCUT2D eigenvalue weighted by Crippen LogP contribution is 2.39. The molecular formula is C16H10N2O6. The van der Waals surface area contributed by atoms with Crippen molar-refractivity contribution in [2.75, 3.05) is 0 Å².